The average molecular weight is 568 g/mol. The zero-order valence-electron chi connectivity index (χ0n) is 13.1. The first-order valence-corrected chi connectivity index (χ1v) is 9.13. The Morgan fingerprint density at radius 2 is 2.12 bits per heavy atom. The van der Waals surface area contributed by atoms with Gasteiger partial charge in [0.25, 0.3) is 0 Å². The molecule has 0 aliphatic heterocycles. The summed E-state index contributed by atoms with van der Waals surface area (Å²) in [4.78, 5) is 5.62. The summed E-state index contributed by atoms with van der Waals surface area (Å²) in [6.07, 6.45) is 2.95. The van der Waals surface area contributed by atoms with E-state index in [1.54, 1.807) is 7.05 Å². The number of hydrogen-bond acceptors (Lipinski definition) is 4. The van der Waals surface area contributed by atoms with Crippen LogP contribution in [0.15, 0.2) is 41.5 Å². The predicted octanol–water partition coefficient (Wildman–Crippen LogP) is 2.92. The highest BCUT2D eigenvalue weighted by Crippen LogP contribution is 2.18. The standard InChI is InChI=1S/C15H17IN6S.HI/c1-17-15(18-8-7-11-5-6-12(16)23-11)19-10-14-21-20-13-4-2-3-9-22(13)14;/h2-6,9H,7-8,10H2,1H3,(H2,17,18,19);1H. The Morgan fingerprint density at radius 1 is 1.25 bits per heavy atom. The molecule has 3 aromatic heterocycles. The lowest BCUT2D eigenvalue weighted by molar-refractivity contribution is 0.759. The van der Waals surface area contributed by atoms with Crippen LogP contribution in [0.3, 0.4) is 0 Å². The van der Waals surface area contributed by atoms with E-state index in [2.05, 4.69) is 60.5 Å². The van der Waals surface area contributed by atoms with Crippen molar-refractivity contribution in [3.8, 4) is 0 Å². The van der Waals surface area contributed by atoms with Gasteiger partial charge in [0.1, 0.15) is 0 Å². The van der Waals surface area contributed by atoms with Gasteiger partial charge in [0.15, 0.2) is 17.4 Å². The van der Waals surface area contributed by atoms with Crippen LogP contribution in [0, 0.1) is 2.88 Å². The van der Waals surface area contributed by atoms with Gasteiger partial charge in [0.05, 0.1) is 9.43 Å². The number of nitrogens with one attached hydrogen (secondary N) is 2. The van der Waals surface area contributed by atoms with Crippen LogP contribution in [0.2, 0.25) is 0 Å². The van der Waals surface area contributed by atoms with Gasteiger partial charge in [0.2, 0.25) is 0 Å². The van der Waals surface area contributed by atoms with Crippen molar-refractivity contribution in [2.45, 2.75) is 13.0 Å². The Bertz CT molecular complexity index is 813. The number of aliphatic imine (C=N–C) groups is 1. The summed E-state index contributed by atoms with van der Waals surface area (Å²) in [5.41, 5.74) is 0.847. The lowest BCUT2D eigenvalue weighted by Crippen LogP contribution is -2.38. The molecule has 0 amide bonds. The van der Waals surface area contributed by atoms with Crippen LogP contribution in [0.5, 0.6) is 0 Å². The fraction of sp³-hybridized carbons (Fsp3) is 0.267. The first-order valence-electron chi connectivity index (χ1n) is 7.23. The van der Waals surface area contributed by atoms with Gasteiger partial charge in [-0.1, -0.05) is 6.07 Å². The Kier molecular flexibility index (Phi) is 7.68. The van der Waals surface area contributed by atoms with E-state index in [4.69, 9.17) is 0 Å². The summed E-state index contributed by atoms with van der Waals surface area (Å²) in [5, 5.41) is 14.9. The molecule has 0 bridgehead atoms. The third-order valence-corrected chi connectivity index (χ3v) is 5.27. The van der Waals surface area contributed by atoms with E-state index >= 15 is 0 Å². The minimum Gasteiger partial charge on any atom is -0.356 e. The van der Waals surface area contributed by atoms with E-state index in [9.17, 15) is 0 Å². The summed E-state index contributed by atoms with van der Waals surface area (Å²) in [5.74, 6) is 1.63. The smallest absolute Gasteiger partial charge is 0.191 e. The largest absolute Gasteiger partial charge is 0.356 e. The monoisotopic (exact) mass is 568 g/mol. The molecule has 128 valence electrons. The molecule has 0 aliphatic rings. The highest BCUT2D eigenvalue weighted by molar-refractivity contribution is 14.1. The zero-order chi connectivity index (χ0) is 16.1. The normalized spacial score (nSPS) is 11.3. The van der Waals surface area contributed by atoms with E-state index in [0.29, 0.717) is 6.54 Å². The molecular weight excluding hydrogens is 550 g/mol. The topological polar surface area (TPSA) is 66.6 Å². The van der Waals surface area contributed by atoms with Crippen molar-refractivity contribution >= 4 is 69.5 Å². The number of guanidine groups is 1. The minimum atomic E-state index is 0. The molecule has 2 N–H and O–H groups in total. The first-order chi connectivity index (χ1) is 11.3. The predicted molar refractivity (Wildman–Crippen MR) is 117 cm³/mol. The van der Waals surface area contributed by atoms with E-state index in [-0.39, 0.29) is 24.0 Å². The molecule has 3 heterocycles. The molecule has 0 radical (unpaired) electrons. The molecule has 0 spiro atoms. The molecule has 0 fully saturated rings. The van der Waals surface area contributed by atoms with Crippen LogP contribution in [-0.4, -0.2) is 34.2 Å². The number of fused-ring (bicyclic) bond motifs is 1. The summed E-state index contributed by atoms with van der Waals surface area (Å²) < 4.78 is 3.28. The Morgan fingerprint density at radius 3 is 2.88 bits per heavy atom. The number of rotatable bonds is 5. The molecule has 24 heavy (non-hydrogen) atoms. The fourth-order valence-corrected chi connectivity index (χ4v) is 3.94. The quantitative estimate of drug-likeness (QED) is 0.283. The van der Waals surface area contributed by atoms with Crippen LogP contribution >= 0.6 is 57.9 Å². The zero-order valence-corrected chi connectivity index (χ0v) is 18.4. The molecule has 3 aromatic rings. The van der Waals surface area contributed by atoms with Crippen molar-refractivity contribution in [1.29, 1.82) is 0 Å². The van der Waals surface area contributed by atoms with Gasteiger partial charge in [-0.25, -0.2) is 0 Å². The molecule has 0 aromatic carbocycles. The van der Waals surface area contributed by atoms with Gasteiger partial charge < -0.3 is 10.6 Å². The summed E-state index contributed by atoms with van der Waals surface area (Å²) >= 11 is 4.17. The van der Waals surface area contributed by atoms with Crippen LogP contribution < -0.4 is 10.6 Å². The summed E-state index contributed by atoms with van der Waals surface area (Å²) in [7, 11) is 1.77. The van der Waals surface area contributed by atoms with Crippen molar-refractivity contribution in [2.24, 2.45) is 4.99 Å². The molecule has 3 rings (SSSR count). The first kappa shape index (κ1) is 19.4. The third kappa shape index (κ3) is 5.02. The second kappa shape index (κ2) is 9.51. The molecule has 0 saturated carbocycles. The van der Waals surface area contributed by atoms with Crippen LogP contribution in [0.25, 0.3) is 5.65 Å². The van der Waals surface area contributed by atoms with Crippen molar-refractivity contribution < 1.29 is 0 Å². The number of hydrogen-bond donors (Lipinski definition) is 2. The highest BCUT2D eigenvalue weighted by atomic mass is 127. The van der Waals surface area contributed by atoms with E-state index in [1.807, 2.05) is 40.1 Å². The second-order valence-corrected chi connectivity index (χ2v) is 7.92. The van der Waals surface area contributed by atoms with Crippen LogP contribution in [-0.2, 0) is 13.0 Å². The van der Waals surface area contributed by atoms with E-state index in [0.717, 1.165) is 30.4 Å². The summed E-state index contributed by atoms with van der Waals surface area (Å²) in [6.45, 7) is 1.42. The SMILES string of the molecule is CN=C(NCCc1ccc(I)s1)NCc1nnc2ccccn12.I. The highest BCUT2D eigenvalue weighted by Gasteiger charge is 2.05. The lowest BCUT2D eigenvalue weighted by Gasteiger charge is -2.10. The van der Waals surface area contributed by atoms with Crippen LogP contribution in [0.1, 0.15) is 10.7 Å². The van der Waals surface area contributed by atoms with Crippen molar-refractivity contribution in [3.05, 3.63) is 50.1 Å². The van der Waals surface area contributed by atoms with Gasteiger partial charge in [-0.15, -0.1) is 45.5 Å². The molecular formula is C15H18I2N6S. The second-order valence-electron chi connectivity index (χ2n) is 4.85. The van der Waals surface area contributed by atoms with E-state index in [1.165, 1.54) is 7.76 Å². The number of pyridine rings is 1. The molecule has 9 heteroatoms. The molecule has 0 saturated heterocycles. The minimum absolute atomic E-state index is 0. The fourth-order valence-electron chi connectivity index (χ4n) is 2.19. The van der Waals surface area contributed by atoms with Gasteiger partial charge in [0, 0.05) is 24.7 Å². The summed E-state index contributed by atoms with van der Waals surface area (Å²) in [6, 6.07) is 10.2. The van der Waals surface area contributed by atoms with Crippen molar-refractivity contribution in [1.82, 2.24) is 25.2 Å². The van der Waals surface area contributed by atoms with E-state index < -0.39 is 0 Å². The van der Waals surface area contributed by atoms with Crippen molar-refractivity contribution in [2.75, 3.05) is 13.6 Å². The van der Waals surface area contributed by atoms with Gasteiger partial charge in [-0.2, -0.15) is 0 Å². The Balaban J connectivity index is 0.00000208. The van der Waals surface area contributed by atoms with Crippen LogP contribution in [0.4, 0.5) is 0 Å². The molecule has 0 unspecified atom stereocenters. The lowest BCUT2D eigenvalue weighted by atomic mass is 10.3. The third-order valence-electron chi connectivity index (χ3n) is 3.31. The average Bonchev–Trinajstić information content (AvgIpc) is 3.17. The Labute approximate surface area is 175 Å². The maximum absolute atomic E-state index is 4.24. The molecule has 0 aliphatic carbocycles. The maximum atomic E-state index is 4.24. The number of aromatic nitrogens is 3. The molecule has 6 nitrogen and oxygen atoms in total. The maximum Gasteiger partial charge on any atom is 0.191 e. The van der Waals surface area contributed by atoms with Gasteiger partial charge >= 0.3 is 0 Å². The number of thiophene rings is 1. The molecule has 0 atom stereocenters. The van der Waals surface area contributed by atoms with Gasteiger partial charge in [-0.05, 0) is 53.3 Å². The number of halogens is 2. The van der Waals surface area contributed by atoms with Crippen molar-refractivity contribution in [3.63, 3.8) is 0 Å². The van der Waals surface area contributed by atoms with Gasteiger partial charge in [-0.3, -0.25) is 9.39 Å². The number of nitrogens with zero attached hydrogens (tertiary/aromatic N) is 4. The Hall–Kier alpha value is -0.950.